The molecule has 3 amide bonds. The third-order valence-corrected chi connectivity index (χ3v) is 9.43. The smallest absolute Gasteiger partial charge is 0.337 e. The number of benzene rings is 2. The number of amides is 3. The molecule has 3 saturated heterocycles. The highest BCUT2D eigenvalue weighted by atomic mass is 19.4. The number of carbonyl (C=O) groups is 2. The highest BCUT2D eigenvalue weighted by Gasteiger charge is 2.43. The molecular formula is C31H35F7N4O2. The van der Waals surface area contributed by atoms with Crippen LogP contribution in [0.1, 0.15) is 72.5 Å². The average Bonchev–Trinajstić information content (AvgIpc) is 3.34. The van der Waals surface area contributed by atoms with Gasteiger partial charge in [0.05, 0.1) is 23.2 Å². The predicted molar refractivity (Wildman–Crippen MR) is 148 cm³/mol. The molecule has 0 bridgehead atoms. The van der Waals surface area contributed by atoms with Crippen molar-refractivity contribution in [2.75, 3.05) is 33.2 Å². The van der Waals surface area contributed by atoms with Crippen LogP contribution in [0, 0.1) is 12.7 Å². The zero-order chi connectivity index (χ0) is 32.1. The monoisotopic (exact) mass is 628 g/mol. The van der Waals surface area contributed by atoms with Crippen molar-refractivity contribution in [3.8, 4) is 0 Å². The fourth-order valence-electron chi connectivity index (χ4n) is 6.85. The summed E-state index contributed by atoms with van der Waals surface area (Å²) in [5.74, 6) is -0.274. The fraction of sp³-hybridized carbons (Fsp3) is 0.548. The minimum atomic E-state index is -5.01. The number of aryl methyl sites for hydroxylation is 1. The molecule has 0 saturated carbocycles. The number of carbonyl (C=O) groups excluding carboxylic acids is 2. The van der Waals surface area contributed by atoms with Gasteiger partial charge in [-0.3, -0.25) is 9.69 Å². The maximum atomic E-state index is 14.1. The Kier molecular flexibility index (Phi) is 8.65. The molecular weight excluding hydrogens is 593 g/mol. The van der Waals surface area contributed by atoms with Crippen LogP contribution >= 0.6 is 0 Å². The van der Waals surface area contributed by atoms with Gasteiger partial charge in [-0.15, -0.1) is 0 Å². The number of nitrogens with zero attached hydrogens (tertiary/aromatic N) is 4. The van der Waals surface area contributed by atoms with E-state index in [0.29, 0.717) is 56.6 Å². The Morgan fingerprint density at radius 1 is 0.932 bits per heavy atom. The summed E-state index contributed by atoms with van der Waals surface area (Å²) in [6.07, 6.45) is -7.60. The van der Waals surface area contributed by atoms with Gasteiger partial charge in [0.15, 0.2) is 0 Å². The van der Waals surface area contributed by atoms with Crippen LogP contribution in [0.25, 0.3) is 0 Å². The summed E-state index contributed by atoms with van der Waals surface area (Å²) >= 11 is 0. The SMILES string of the molecule is Cc1cc(F)ccc1[C@H]1C[C@@H](N2CCN3C(=O)CCC3C2)CCN1C(=O)N(C)[C@H](C)c1cc(C(F)(F)F)cc(C(F)(F)F)c1. The van der Waals surface area contributed by atoms with Gasteiger partial charge in [0.2, 0.25) is 5.91 Å². The standard InChI is InChI=1S/C31H35F7N4O2/c1-18-12-23(32)4-6-26(18)27-16-24(40-10-11-41-25(17-40)5-7-28(41)43)8-9-42(27)29(44)39(3)19(2)20-13-21(30(33,34)35)15-22(14-20)31(36,37)38/h4,6,12-15,19,24-25,27H,5,7-11,16-17H2,1-3H3/t19-,24+,25?,27-/m1/s1. The molecule has 3 heterocycles. The first-order valence-corrected chi connectivity index (χ1v) is 14.7. The number of fused-ring (bicyclic) bond motifs is 1. The topological polar surface area (TPSA) is 47.1 Å². The Labute approximate surface area is 251 Å². The second-order valence-electron chi connectivity index (χ2n) is 12.1. The van der Waals surface area contributed by atoms with Crippen LogP contribution in [-0.4, -0.2) is 76.8 Å². The highest BCUT2D eigenvalue weighted by molar-refractivity contribution is 5.79. The van der Waals surface area contributed by atoms with Crippen molar-refractivity contribution >= 4 is 11.9 Å². The van der Waals surface area contributed by atoms with Crippen LogP contribution in [0.2, 0.25) is 0 Å². The van der Waals surface area contributed by atoms with E-state index in [1.165, 1.54) is 26.1 Å². The number of rotatable bonds is 4. The molecule has 0 spiro atoms. The van der Waals surface area contributed by atoms with Crippen molar-refractivity contribution in [2.24, 2.45) is 0 Å². The van der Waals surface area contributed by atoms with Crippen LogP contribution in [0.5, 0.6) is 0 Å². The summed E-state index contributed by atoms with van der Waals surface area (Å²) < 4.78 is 95.2. The molecule has 44 heavy (non-hydrogen) atoms. The number of alkyl halides is 6. The number of likely N-dealkylation sites (tertiary alicyclic amines) is 1. The second-order valence-corrected chi connectivity index (χ2v) is 12.1. The van der Waals surface area contributed by atoms with E-state index in [-0.39, 0.29) is 36.2 Å². The molecule has 2 aromatic carbocycles. The van der Waals surface area contributed by atoms with Gasteiger partial charge < -0.3 is 14.7 Å². The molecule has 0 radical (unpaired) electrons. The minimum Gasteiger partial charge on any atom is -0.337 e. The first kappa shape index (κ1) is 32.1. The van der Waals surface area contributed by atoms with Crippen molar-refractivity contribution in [2.45, 2.75) is 76.1 Å². The fourth-order valence-corrected chi connectivity index (χ4v) is 6.85. The van der Waals surface area contributed by atoms with E-state index in [4.69, 9.17) is 0 Å². The van der Waals surface area contributed by atoms with E-state index in [1.54, 1.807) is 17.9 Å². The molecule has 0 aromatic heterocycles. The van der Waals surface area contributed by atoms with E-state index in [0.717, 1.165) is 16.9 Å². The lowest BCUT2D eigenvalue weighted by Gasteiger charge is -2.48. The molecule has 5 rings (SSSR count). The van der Waals surface area contributed by atoms with E-state index in [1.807, 2.05) is 4.90 Å². The summed E-state index contributed by atoms with van der Waals surface area (Å²) in [5.41, 5.74) is -1.84. The Morgan fingerprint density at radius 3 is 2.20 bits per heavy atom. The van der Waals surface area contributed by atoms with Gasteiger partial charge in [0.25, 0.3) is 0 Å². The molecule has 240 valence electrons. The molecule has 3 aliphatic heterocycles. The van der Waals surface area contributed by atoms with E-state index < -0.39 is 47.4 Å². The summed E-state index contributed by atoms with van der Waals surface area (Å²) in [4.78, 5) is 33.2. The van der Waals surface area contributed by atoms with Gasteiger partial charge in [-0.1, -0.05) is 6.07 Å². The molecule has 1 unspecified atom stereocenters. The Morgan fingerprint density at radius 2 is 1.59 bits per heavy atom. The van der Waals surface area contributed by atoms with Gasteiger partial charge in [0.1, 0.15) is 5.82 Å². The van der Waals surface area contributed by atoms with E-state index >= 15 is 0 Å². The molecule has 13 heteroatoms. The quantitative estimate of drug-likeness (QED) is 0.350. The third kappa shape index (κ3) is 6.38. The van der Waals surface area contributed by atoms with Crippen LogP contribution < -0.4 is 0 Å². The number of hydrogen-bond donors (Lipinski definition) is 0. The summed E-state index contributed by atoms with van der Waals surface area (Å²) in [5, 5.41) is 0. The van der Waals surface area contributed by atoms with Gasteiger partial charge in [-0.25, -0.2) is 9.18 Å². The van der Waals surface area contributed by atoms with E-state index in [2.05, 4.69) is 4.90 Å². The molecule has 6 nitrogen and oxygen atoms in total. The average molecular weight is 629 g/mol. The van der Waals surface area contributed by atoms with E-state index in [9.17, 15) is 40.3 Å². The zero-order valence-electron chi connectivity index (χ0n) is 24.7. The molecule has 3 fully saturated rings. The molecule has 4 atom stereocenters. The van der Waals surface area contributed by atoms with Crippen molar-refractivity contribution in [3.05, 3.63) is 70.0 Å². The van der Waals surface area contributed by atoms with Crippen LogP contribution in [-0.2, 0) is 17.1 Å². The number of piperazine rings is 1. The van der Waals surface area contributed by atoms with Crippen molar-refractivity contribution in [3.63, 3.8) is 0 Å². The van der Waals surface area contributed by atoms with Crippen molar-refractivity contribution < 1.29 is 40.3 Å². The van der Waals surface area contributed by atoms with Crippen LogP contribution in [0.15, 0.2) is 36.4 Å². The number of piperidine rings is 1. The van der Waals surface area contributed by atoms with Gasteiger partial charge in [-0.2, -0.15) is 26.3 Å². The third-order valence-electron chi connectivity index (χ3n) is 9.43. The van der Waals surface area contributed by atoms with Gasteiger partial charge in [0, 0.05) is 51.7 Å². The minimum absolute atomic E-state index is 0.0619. The Balaban J connectivity index is 1.42. The number of hydrogen-bond acceptors (Lipinski definition) is 3. The Hall–Kier alpha value is -3.35. The predicted octanol–water partition coefficient (Wildman–Crippen LogP) is 6.80. The molecule has 0 aliphatic carbocycles. The summed E-state index contributed by atoms with van der Waals surface area (Å²) in [7, 11) is 1.36. The van der Waals surface area contributed by atoms with Gasteiger partial charge in [-0.05, 0) is 80.1 Å². The summed E-state index contributed by atoms with van der Waals surface area (Å²) in [6, 6.07) is 3.68. The maximum absolute atomic E-state index is 14.1. The van der Waals surface area contributed by atoms with Crippen LogP contribution in [0.3, 0.4) is 0 Å². The lowest BCUT2D eigenvalue weighted by molar-refractivity contribution is -0.143. The lowest BCUT2D eigenvalue weighted by Crippen LogP contribution is -2.57. The maximum Gasteiger partial charge on any atom is 0.416 e. The molecule has 3 aliphatic rings. The van der Waals surface area contributed by atoms with Crippen molar-refractivity contribution in [1.82, 2.24) is 19.6 Å². The highest BCUT2D eigenvalue weighted by Crippen LogP contribution is 2.40. The van der Waals surface area contributed by atoms with Gasteiger partial charge >= 0.3 is 18.4 Å². The lowest BCUT2D eigenvalue weighted by atomic mass is 9.88. The zero-order valence-corrected chi connectivity index (χ0v) is 24.7. The number of halogens is 7. The number of urea groups is 1. The normalized spacial score (nSPS) is 24.0. The largest absolute Gasteiger partial charge is 0.416 e. The first-order chi connectivity index (χ1) is 20.5. The molecule has 0 N–H and O–H groups in total. The van der Waals surface area contributed by atoms with Crippen LogP contribution in [0.4, 0.5) is 35.5 Å². The second kappa shape index (κ2) is 11.9. The molecule has 2 aromatic rings. The van der Waals surface area contributed by atoms with Crippen molar-refractivity contribution in [1.29, 1.82) is 0 Å². The first-order valence-electron chi connectivity index (χ1n) is 14.7. The Bertz CT molecular complexity index is 1380. The summed E-state index contributed by atoms with van der Waals surface area (Å²) in [6.45, 7) is 5.43.